The van der Waals surface area contributed by atoms with Crippen LogP contribution in [0.5, 0.6) is 0 Å². The maximum Gasteiger partial charge on any atom is 0.328 e. The Balaban J connectivity index is 1.96. The summed E-state index contributed by atoms with van der Waals surface area (Å²) in [6.07, 6.45) is 3.36. The van der Waals surface area contributed by atoms with Crippen LogP contribution in [0.25, 0.3) is 0 Å². The van der Waals surface area contributed by atoms with Crippen molar-refractivity contribution in [1.29, 1.82) is 0 Å². The Kier molecular flexibility index (Phi) is 3.07. The lowest BCUT2D eigenvalue weighted by Crippen LogP contribution is -2.33. The predicted molar refractivity (Wildman–Crippen MR) is 51.8 cm³/mol. The number of hydrogen-bond acceptors (Lipinski definition) is 4. The van der Waals surface area contributed by atoms with Crippen LogP contribution in [-0.2, 0) is 27.4 Å². The molecule has 0 atom stereocenters. The Morgan fingerprint density at radius 1 is 1.44 bits per heavy atom. The standard InChI is InChI=1S/C9H12N2O5/c12-7(13)5-11-4-3-10(9(11)14)2-1-8-15-6-16-8/h3-4,8H,1-2,5-6H2,(H,12,13). The third-order valence-electron chi connectivity index (χ3n) is 2.34. The van der Waals surface area contributed by atoms with E-state index in [1.54, 1.807) is 6.20 Å². The second kappa shape index (κ2) is 4.50. The van der Waals surface area contributed by atoms with Gasteiger partial charge in [-0.15, -0.1) is 0 Å². The van der Waals surface area contributed by atoms with Crippen LogP contribution in [0.2, 0.25) is 0 Å². The van der Waals surface area contributed by atoms with Crippen molar-refractivity contribution in [3.8, 4) is 0 Å². The van der Waals surface area contributed by atoms with Crippen molar-refractivity contribution in [3.63, 3.8) is 0 Å². The van der Waals surface area contributed by atoms with Crippen molar-refractivity contribution in [1.82, 2.24) is 9.13 Å². The number of carboxylic acid groups (broad SMARTS) is 1. The molecule has 7 nitrogen and oxygen atoms in total. The average Bonchev–Trinajstić information content (AvgIpc) is 2.46. The molecule has 0 aromatic carbocycles. The fourth-order valence-corrected chi connectivity index (χ4v) is 1.47. The molecule has 2 heterocycles. The van der Waals surface area contributed by atoms with E-state index in [0.29, 0.717) is 19.8 Å². The predicted octanol–water partition coefficient (Wildman–Crippen LogP) is -0.545. The molecule has 7 heteroatoms. The number of aryl methyl sites for hydroxylation is 1. The number of rotatable bonds is 5. The first-order valence-electron chi connectivity index (χ1n) is 4.87. The van der Waals surface area contributed by atoms with E-state index in [1.165, 1.54) is 10.8 Å². The van der Waals surface area contributed by atoms with E-state index in [9.17, 15) is 9.59 Å². The molecule has 1 aromatic rings. The molecule has 0 bridgehead atoms. The van der Waals surface area contributed by atoms with E-state index in [4.69, 9.17) is 14.6 Å². The summed E-state index contributed by atoms with van der Waals surface area (Å²) < 4.78 is 12.6. The SMILES string of the molecule is O=C(O)Cn1ccn(CCC2OCO2)c1=O. The zero-order valence-corrected chi connectivity index (χ0v) is 8.54. The number of hydrogen-bond donors (Lipinski definition) is 1. The first kappa shape index (κ1) is 10.9. The van der Waals surface area contributed by atoms with Gasteiger partial charge in [-0.2, -0.15) is 0 Å². The quantitative estimate of drug-likeness (QED) is 0.731. The highest BCUT2D eigenvalue weighted by molar-refractivity contribution is 5.66. The van der Waals surface area contributed by atoms with Gasteiger partial charge < -0.3 is 14.6 Å². The minimum atomic E-state index is -1.04. The summed E-state index contributed by atoms with van der Waals surface area (Å²) in [4.78, 5) is 22.0. The molecule has 0 spiro atoms. The summed E-state index contributed by atoms with van der Waals surface area (Å²) in [5, 5.41) is 8.56. The highest BCUT2D eigenvalue weighted by Gasteiger charge is 2.18. The second-order valence-corrected chi connectivity index (χ2v) is 3.47. The molecule has 0 amide bonds. The molecule has 1 saturated heterocycles. The lowest BCUT2D eigenvalue weighted by atomic mass is 10.4. The Morgan fingerprint density at radius 3 is 2.69 bits per heavy atom. The molecule has 1 N–H and O–H groups in total. The molecule has 0 radical (unpaired) electrons. The summed E-state index contributed by atoms with van der Waals surface area (Å²) >= 11 is 0. The normalized spacial score (nSPS) is 16.0. The summed E-state index contributed by atoms with van der Waals surface area (Å²) in [5.41, 5.74) is -0.332. The topological polar surface area (TPSA) is 82.7 Å². The van der Waals surface area contributed by atoms with Gasteiger partial charge in [-0.3, -0.25) is 13.9 Å². The zero-order chi connectivity index (χ0) is 11.5. The van der Waals surface area contributed by atoms with E-state index in [-0.39, 0.29) is 18.5 Å². The molecular weight excluding hydrogens is 216 g/mol. The smallest absolute Gasteiger partial charge is 0.328 e. The van der Waals surface area contributed by atoms with Crippen LogP contribution in [0.4, 0.5) is 0 Å². The minimum absolute atomic E-state index is 0.241. The van der Waals surface area contributed by atoms with Crippen LogP contribution < -0.4 is 5.69 Å². The maximum atomic E-state index is 11.6. The molecule has 0 saturated carbocycles. The van der Waals surface area contributed by atoms with E-state index >= 15 is 0 Å². The van der Waals surface area contributed by atoms with E-state index in [2.05, 4.69) is 0 Å². The van der Waals surface area contributed by atoms with E-state index in [1.807, 2.05) is 0 Å². The summed E-state index contributed by atoms with van der Waals surface area (Å²) in [7, 11) is 0. The molecular formula is C9H12N2O5. The molecule has 88 valence electrons. The maximum absolute atomic E-state index is 11.6. The molecule has 1 aromatic heterocycles. The minimum Gasteiger partial charge on any atom is -0.480 e. The van der Waals surface area contributed by atoms with Gasteiger partial charge in [0.05, 0.1) is 0 Å². The average molecular weight is 228 g/mol. The molecule has 1 aliphatic heterocycles. The summed E-state index contributed by atoms with van der Waals surface area (Å²) in [6.45, 7) is 0.442. The van der Waals surface area contributed by atoms with Gasteiger partial charge in [0.2, 0.25) is 0 Å². The Hall–Kier alpha value is -1.60. The molecule has 0 unspecified atom stereocenters. The molecule has 0 aliphatic carbocycles. The Labute approximate surface area is 90.8 Å². The van der Waals surface area contributed by atoms with Gasteiger partial charge in [0.1, 0.15) is 6.54 Å². The monoisotopic (exact) mass is 228 g/mol. The zero-order valence-electron chi connectivity index (χ0n) is 8.54. The van der Waals surface area contributed by atoms with Gasteiger partial charge in [-0.05, 0) is 0 Å². The molecule has 1 fully saturated rings. The van der Waals surface area contributed by atoms with Crippen LogP contribution in [0, 0.1) is 0 Å². The number of aliphatic carboxylic acids is 1. The van der Waals surface area contributed by atoms with Gasteiger partial charge in [0.15, 0.2) is 13.1 Å². The summed E-state index contributed by atoms with van der Waals surface area (Å²) in [5.74, 6) is -1.04. The van der Waals surface area contributed by atoms with Crippen molar-refractivity contribution >= 4 is 5.97 Å². The first-order chi connectivity index (χ1) is 7.66. The van der Waals surface area contributed by atoms with Gasteiger partial charge in [0.25, 0.3) is 0 Å². The number of carboxylic acids is 1. The van der Waals surface area contributed by atoms with E-state index in [0.717, 1.165) is 4.57 Å². The van der Waals surface area contributed by atoms with Gasteiger partial charge in [0, 0.05) is 25.4 Å². The Morgan fingerprint density at radius 2 is 2.12 bits per heavy atom. The van der Waals surface area contributed by atoms with Crippen LogP contribution in [0.15, 0.2) is 17.2 Å². The van der Waals surface area contributed by atoms with E-state index < -0.39 is 5.97 Å². The van der Waals surface area contributed by atoms with Crippen molar-refractivity contribution in [2.75, 3.05) is 6.79 Å². The van der Waals surface area contributed by atoms with Crippen molar-refractivity contribution in [2.45, 2.75) is 25.8 Å². The molecule has 1 aliphatic rings. The van der Waals surface area contributed by atoms with Gasteiger partial charge >= 0.3 is 11.7 Å². The number of carbonyl (C=O) groups is 1. The second-order valence-electron chi connectivity index (χ2n) is 3.47. The summed E-state index contributed by atoms with van der Waals surface area (Å²) in [6, 6.07) is 0. The third kappa shape index (κ3) is 2.31. The highest BCUT2D eigenvalue weighted by atomic mass is 16.8. The van der Waals surface area contributed by atoms with Crippen molar-refractivity contribution < 1.29 is 19.4 Å². The van der Waals surface area contributed by atoms with Crippen molar-refractivity contribution in [2.24, 2.45) is 0 Å². The van der Waals surface area contributed by atoms with Gasteiger partial charge in [-0.1, -0.05) is 0 Å². The fraction of sp³-hybridized carbons (Fsp3) is 0.556. The largest absolute Gasteiger partial charge is 0.480 e. The highest BCUT2D eigenvalue weighted by Crippen LogP contribution is 2.11. The number of nitrogens with zero attached hydrogens (tertiary/aromatic N) is 2. The third-order valence-corrected chi connectivity index (χ3v) is 2.34. The van der Waals surface area contributed by atoms with Crippen LogP contribution >= 0.6 is 0 Å². The van der Waals surface area contributed by atoms with Crippen LogP contribution in [0.3, 0.4) is 0 Å². The van der Waals surface area contributed by atoms with Crippen molar-refractivity contribution in [3.05, 3.63) is 22.9 Å². The first-order valence-corrected chi connectivity index (χ1v) is 4.87. The van der Waals surface area contributed by atoms with Crippen LogP contribution in [0.1, 0.15) is 6.42 Å². The molecule has 2 rings (SSSR count). The number of aromatic nitrogens is 2. The molecule has 16 heavy (non-hydrogen) atoms. The number of imidazole rings is 1. The Bertz CT molecular complexity index is 431. The van der Waals surface area contributed by atoms with Crippen LogP contribution in [-0.4, -0.2) is 33.3 Å². The lowest BCUT2D eigenvalue weighted by molar-refractivity contribution is -0.322. The lowest BCUT2D eigenvalue weighted by Gasteiger charge is -2.26. The number of ether oxygens (including phenoxy) is 2. The van der Waals surface area contributed by atoms with Gasteiger partial charge in [-0.25, -0.2) is 4.79 Å². The fourth-order valence-electron chi connectivity index (χ4n) is 1.47.